The normalized spacial score (nSPS) is 14.0. The van der Waals surface area contributed by atoms with Crippen LogP contribution in [0.15, 0.2) is 48.8 Å². The van der Waals surface area contributed by atoms with Crippen LogP contribution in [0.2, 0.25) is 0 Å². The van der Waals surface area contributed by atoms with Gasteiger partial charge in [0.05, 0.1) is 42.3 Å². The number of hydrogen-bond acceptors (Lipinski definition) is 7. The summed E-state index contributed by atoms with van der Waals surface area (Å²) in [5.41, 5.74) is 4.12. The number of likely N-dealkylation sites (tertiary alicyclic amines) is 1. The smallest absolute Gasteiger partial charge is 0.316 e. The molecule has 1 N–H and O–H groups in total. The van der Waals surface area contributed by atoms with Crippen LogP contribution in [0.4, 0.5) is 4.39 Å². The van der Waals surface area contributed by atoms with Crippen LogP contribution in [0.5, 0.6) is 6.01 Å². The summed E-state index contributed by atoms with van der Waals surface area (Å²) in [5.74, 6) is -0.506. The molecule has 11 nitrogen and oxygen atoms in total. The van der Waals surface area contributed by atoms with Crippen molar-refractivity contribution in [3.05, 3.63) is 66.0 Å². The van der Waals surface area contributed by atoms with E-state index >= 15 is 4.39 Å². The van der Waals surface area contributed by atoms with Crippen molar-refractivity contribution in [1.82, 2.24) is 39.7 Å². The molecule has 4 heterocycles. The number of piperidine rings is 1. The second-order valence-electron chi connectivity index (χ2n) is 10.5. The number of aryl methyl sites for hydroxylation is 1. The zero-order chi connectivity index (χ0) is 29.4. The van der Waals surface area contributed by atoms with Gasteiger partial charge in [-0.1, -0.05) is 12.1 Å². The number of ether oxygens (including phenoxy) is 1. The quantitative estimate of drug-likeness (QED) is 0.318. The molecule has 0 unspecified atom stereocenters. The number of hydrogen-bond donors (Lipinski definition) is 1. The molecule has 1 aliphatic heterocycles. The highest BCUT2D eigenvalue weighted by molar-refractivity contribution is 6.00. The Balaban J connectivity index is 1.38. The van der Waals surface area contributed by atoms with Gasteiger partial charge in [-0.05, 0) is 42.7 Å². The van der Waals surface area contributed by atoms with Gasteiger partial charge in [-0.25, -0.2) is 9.37 Å². The highest BCUT2D eigenvalue weighted by Gasteiger charge is 2.28. The second-order valence-corrected chi connectivity index (χ2v) is 10.5. The summed E-state index contributed by atoms with van der Waals surface area (Å²) in [5, 5.41) is 13.7. The van der Waals surface area contributed by atoms with Crippen molar-refractivity contribution < 1.29 is 18.7 Å². The average molecular weight is 571 g/mol. The number of rotatable bonds is 7. The minimum absolute atomic E-state index is 0.0300. The summed E-state index contributed by atoms with van der Waals surface area (Å²) in [4.78, 5) is 35.1. The number of nitrogens with zero attached hydrogens (tertiary/aromatic N) is 7. The fraction of sp³-hybridized carbons (Fsp3) is 0.333. The summed E-state index contributed by atoms with van der Waals surface area (Å²) in [6.45, 7) is 2.99. The van der Waals surface area contributed by atoms with Gasteiger partial charge in [0.15, 0.2) is 0 Å². The highest BCUT2D eigenvalue weighted by Crippen LogP contribution is 2.39. The molecule has 42 heavy (non-hydrogen) atoms. The fourth-order valence-corrected chi connectivity index (χ4v) is 5.69. The molecule has 216 valence electrons. The van der Waals surface area contributed by atoms with E-state index in [1.807, 2.05) is 36.2 Å². The minimum Gasteiger partial charge on any atom is -0.467 e. The van der Waals surface area contributed by atoms with E-state index in [0.29, 0.717) is 29.9 Å². The Morgan fingerprint density at radius 2 is 1.93 bits per heavy atom. The number of carbonyl (C=O) groups excluding carboxylic acids is 2. The fourth-order valence-electron chi connectivity index (χ4n) is 5.69. The molecule has 5 aromatic rings. The molecule has 0 aliphatic carbocycles. The predicted octanol–water partition coefficient (Wildman–Crippen LogP) is 3.57. The van der Waals surface area contributed by atoms with Gasteiger partial charge in [0.1, 0.15) is 12.4 Å². The van der Waals surface area contributed by atoms with Crippen molar-refractivity contribution in [2.45, 2.75) is 38.8 Å². The molecule has 0 saturated carbocycles. The van der Waals surface area contributed by atoms with Gasteiger partial charge in [0.2, 0.25) is 11.8 Å². The number of benzene rings is 2. The molecule has 0 radical (unpaired) electrons. The van der Waals surface area contributed by atoms with Gasteiger partial charge in [0, 0.05) is 55.5 Å². The third-order valence-electron chi connectivity index (χ3n) is 7.89. The summed E-state index contributed by atoms with van der Waals surface area (Å²) in [7, 11) is 3.31. The van der Waals surface area contributed by atoms with Crippen molar-refractivity contribution in [3.63, 3.8) is 0 Å². The lowest BCUT2D eigenvalue weighted by Gasteiger charge is -2.30. The van der Waals surface area contributed by atoms with Crippen molar-refractivity contribution in [1.29, 1.82) is 0 Å². The van der Waals surface area contributed by atoms with Crippen molar-refractivity contribution >= 4 is 33.6 Å². The molecule has 6 rings (SSSR count). The molecule has 12 heteroatoms. The van der Waals surface area contributed by atoms with Crippen LogP contribution >= 0.6 is 0 Å². The van der Waals surface area contributed by atoms with Gasteiger partial charge in [-0.2, -0.15) is 15.2 Å². The van der Waals surface area contributed by atoms with E-state index in [4.69, 9.17) is 9.84 Å². The third kappa shape index (κ3) is 5.15. The van der Waals surface area contributed by atoms with E-state index < -0.39 is 0 Å². The first-order valence-electron chi connectivity index (χ1n) is 13.8. The predicted molar refractivity (Wildman–Crippen MR) is 154 cm³/mol. The second kappa shape index (κ2) is 11.2. The van der Waals surface area contributed by atoms with Gasteiger partial charge >= 0.3 is 6.01 Å². The Hall–Kier alpha value is -4.87. The van der Waals surface area contributed by atoms with Crippen LogP contribution in [-0.2, 0) is 29.7 Å². The average Bonchev–Trinajstić information content (AvgIpc) is 3.55. The van der Waals surface area contributed by atoms with Gasteiger partial charge in [0.25, 0.3) is 0 Å². The minimum atomic E-state index is -0.355. The van der Waals surface area contributed by atoms with Crippen LogP contribution in [0.3, 0.4) is 0 Å². The molecule has 0 atom stereocenters. The molecule has 1 fully saturated rings. The van der Waals surface area contributed by atoms with Gasteiger partial charge in [-0.15, -0.1) is 0 Å². The molecule has 3 aromatic heterocycles. The van der Waals surface area contributed by atoms with Gasteiger partial charge in [-0.3, -0.25) is 19.0 Å². The Bertz CT molecular complexity index is 1810. The summed E-state index contributed by atoms with van der Waals surface area (Å²) >= 11 is 0. The number of carbonyl (C=O) groups is 2. The molecular formula is C30H31FN8O3. The number of fused-ring (bicyclic) bond motifs is 2. The topological polar surface area (TPSA) is 120 Å². The van der Waals surface area contributed by atoms with Crippen LogP contribution in [-0.4, -0.2) is 66.4 Å². The summed E-state index contributed by atoms with van der Waals surface area (Å²) < 4.78 is 24.1. The number of amides is 2. The van der Waals surface area contributed by atoms with Crippen molar-refractivity contribution in [2.24, 2.45) is 7.05 Å². The maximum absolute atomic E-state index is 15.6. The number of methoxy groups -OCH3 is 1. The monoisotopic (exact) mass is 570 g/mol. The molecule has 2 aromatic carbocycles. The van der Waals surface area contributed by atoms with Crippen LogP contribution in [0.1, 0.15) is 37.1 Å². The lowest BCUT2D eigenvalue weighted by Crippen LogP contribution is -2.36. The Morgan fingerprint density at radius 1 is 1.12 bits per heavy atom. The first-order chi connectivity index (χ1) is 20.3. The molecule has 2 amide bonds. The van der Waals surface area contributed by atoms with Crippen LogP contribution in [0, 0.1) is 5.82 Å². The first-order valence-corrected chi connectivity index (χ1v) is 13.8. The van der Waals surface area contributed by atoms with E-state index in [9.17, 15) is 9.59 Å². The standard InChI is InChI=1S/C30H31FN8O3/c1-18(40)38-11-8-19(9-12-38)29-28-22(23-14-26-20(13-24(23)31)15-34-37(26)2)5-4-6-25(28)39(36-29)17-27(41)33-16-21-7-10-32-30(35-21)42-3/h4-7,10,13-15,19H,8-9,11-12,16-17H2,1-3H3,(H,33,41). The van der Waals surface area contributed by atoms with Crippen molar-refractivity contribution in [2.75, 3.05) is 20.2 Å². The molecule has 1 saturated heterocycles. The maximum Gasteiger partial charge on any atom is 0.316 e. The zero-order valence-corrected chi connectivity index (χ0v) is 23.7. The number of aromatic nitrogens is 6. The Kier molecular flexibility index (Phi) is 7.27. The Morgan fingerprint density at radius 3 is 2.69 bits per heavy atom. The van der Waals surface area contributed by atoms with Gasteiger partial charge < -0.3 is 15.0 Å². The van der Waals surface area contributed by atoms with Crippen LogP contribution < -0.4 is 10.1 Å². The first kappa shape index (κ1) is 27.3. The number of halogens is 1. The zero-order valence-electron chi connectivity index (χ0n) is 23.7. The van der Waals surface area contributed by atoms with E-state index in [1.54, 1.807) is 34.7 Å². The largest absolute Gasteiger partial charge is 0.467 e. The lowest BCUT2D eigenvalue weighted by molar-refractivity contribution is -0.129. The molecule has 0 bridgehead atoms. The van der Waals surface area contributed by atoms with Crippen LogP contribution in [0.25, 0.3) is 32.9 Å². The highest BCUT2D eigenvalue weighted by atomic mass is 19.1. The molecular weight excluding hydrogens is 539 g/mol. The third-order valence-corrected chi connectivity index (χ3v) is 7.89. The summed E-state index contributed by atoms with van der Waals surface area (Å²) in [6, 6.07) is 10.9. The Labute approximate surface area is 241 Å². The SMILES string of the molecule is COc1nccc(CNC(=O)Cn2nc(C3CCN(C(C)=O)CC3)c3c(-c4cc5c(cnn5C)cc4F)cccc32)n1. The van der Waals surface area contributed by atoms with Crippen molar-refractivity contribution in [3.8, 4) is 17.1 Å². The number of nitrogens with one attached hydrogen (secondary N) is 1. The van der Waals surface area contributed by atoms with E-state index in [2.05, 4.69) is 20.4 Å². The maximum atomic E-state index is 15.6. The molecule has 1 aliphatic rings. The summed E-state index contributed by atoms with van der Waals surface area (Å²) in [6.07, 6.45) is 4.67. The van der Waals surface area contributed by atoms with E-state index in [1.165, 1.54) is 13.2 Å². The molecule has 0 spiro atoms. The van der Waals surface area contributed by atoms with E-state index in [0.717, 1.165) is 40.3 Å². The van der Waals surface area contributed by atoms with E-state index in [-0.39, 0.29) is 42.6 Å². The lowest BCUT2D eigenvalue weighted by atomic mass is 9.89.